The zero-order valence-corrected chi connectivity index (χ0v) is 18.9. The van der Waals surface area contributed by atoms with Crippen LogP contribution in [0.25, 0.3) is 0 Å². The van der Waals surface area contributed by atoms with Crippen molar-refractivity contribution in [1.29, 1.82) is 0 Å². The van der Waals surface area contributed by atoms with Gasteiger partial charge in [-0.1, -0.05) is 25.1 Å². The largest absolute Gasteiger partial charge is 0.497 e. The van der Waals surface area contributed by atoms with E-state index in [0.29, 0.717) is 42.3 Å². The van der Waals surface area contributed by atoms with E-state index in [2.05, 4.69) is 5.32 Å². The Morgan fingerprint density at radius 2 is 1.85 bits per heavy atom. The fraction of sp³-hybridized carbons (Fsp3) is 0.375. The number of amides is 4. The predicted molar refractivity (Wildman–Crippen MR) is 119 cm³/mol. The van der Waals surface area contributed by atoms with E-state index < -0.39 is 17.5 Å². The van der Waals surface area contributed by atoms with Gasteiger partial charge >= 0.3 is 6.03 Å². The summed E-state index contributed by atoms with van der Waals surface area (Å²) in [6.07, 6.45) is 0.350. The second-order valence-corrected chi connectivity index (χ2v) is 7.90. The Morgan fingerprint density at radius 1 is 1.12 bits per heavy atom. The molecule has 174 valence electrons. The molecule has 2 aromatic carbocycles. The summed E-state index contributed by atoms with van der Waals surface area (Å²) in [5.41, 5.74) is 0.303. The highest BCUT2D eigenvalue weighted by atomic mass is 16.7. The molecule has 1 atom stereocenters. The number of ether oxygens (including phenoxy) is 3. The van der Waals surface area contributed by atoms with E-state index in [1.165, 1.54) is 0 Å². The molecule has 4 rings (SSSR count). The highest BCUT2D eigenvalue weighted by molar-refractivity contribution is 6.09. The van der Waals surface area contributed by atoms with Crippen LogP contribution in [0.4, 0.5) is 4.79 Å². The van der Waals surface area contributed by atoms with Crippen molar-refractivity contribution >= 4 is 17.8 Å². The third kappa shape index (κ3) is 4.06. The van der Waals surface area contributed by atoms with Crippen molar-refractivity contribution in [2.75, 3.05) is 27.0 Å². The number of benzene rings is 2. The average molecular weight is 453 g/mol. The average Bonchev–Trinajstić information content (AvgIpc) is 3.40. The molecule has 0 saturated carbocycles. The highest BCUT2D eigenvalue weighted by Crippen LogP contribution is 2.34. The molecule has 0 radical (unpaired) electrons. The number of nitrogens with zero attached hydrogens (tertiary/aromatic N) is 2. The molecule has 33 heavy (non-hydrogen) atoms. The quantitative estimate of drug-likeness (QED) is 0.617. The number of urea groups is 1. The van der Waals surface area contributed by atoms with Crippen LogP contribution in [0, 0.1) is 0 Å². The molecule has 2 aliphatic heterocycles. The van der Waals surface area contributed by atoms with Crippen molar-refractivity contribution in [1.82, 2.24) is 15.1 Å². The maximum Gasteiger partial charge on any atom is 0.325 e. The van der Waals surface area contributed by atoms with E-state index in [-0.39, 0.29) is 19.2 Å². The van der Waals surface area contributed by atoms with Crippen LogP contribution in [-0.4, -0.2) is 54.6 Å². The maximum absolute atomic E-state index is 13.4. The molecule has 1 saturated heterocycles. The fourth-order valence-electron chi connectivity index (χ4n) is 4.16. The second kappa shape index (κ2) is 9.01. The van der Waals surface area contributed by atoms with Crippen molar-refractivity contribution in [2.24, 2.45) is 0 Å². The number of hydrogen-bond acceptors (Lipinski definition) is 6. The first kappa shape index (κ1) is 22.4. The topological polar surface area (TPSA) is 97.4 Å². The van der Waals surface area contributed by atoms with Crippen molar-refractivity contribution < 1.29 is 28.6 Å². The van der Waals surface area contributed by atoms with Gasteiger partial charge in [-0.25, -0.2) is 4.79 Å². The van der Waals surface area contributed by atoms with Gasteiger partial charge in [0.15, 0.2) is 11.5 Å². The number of likely N-dealkylation sites (N-methyl/N-ethyl adjacent to an activating group) is 1. The summed E-state index contributed by atoms with van der Waals surface area (Å²) in [7, 11) is 1.56. The summed E-state index contributed by atoms with van der Waals surface area (Å²) < 4.78 is 15.9. The molecule has 2 aliphatic rings. The summed E-state index contributed by atoms with van der Waals surface area (Å²) >= 11 is 0. The van der Waals surface area contributed by atoms with E-state index in [1.54, 1.807) is 42.3 Å². The Kier molecular flexibility index (Phi) is 6.13. The molecule has 9 heteroatoms. The van der Waals surface area contributed by atoms with Crippen LogP contribution < -0.4 is 19.5 Å². The standard InChI is InChI=1S/C24H27N3O6/c1-4-24(17-7-9-18(31-3)10-8-17)22(29)27(23(30)25-24)14-21(28)26(5-2)13-16-6-11-19-20(12-16)33-15-32-19/h6-12H,4-5,13-15H2,1-3H3,(H,25,30). The van der Waals surface area contributed by atoms with Gasteiger partial charge in [0.25, 0.3) is 5.91 Å². The number of hydrogen-bond donors (Lipinski definition) is 1. The Labute approximate surface area is 192 Å². The number of fused-ring (bicyclic) bond motifs is 1. The van der Waals surface area contributed by atoms with Crippen molar-refractivity contribution in [3.63, 3.8) is 0 Å². The number of nitrogens with one attached hydrogen (secondary N) is 1. The first-order chi connectivity index (χ1) is 15.9. The minimum atomic E-state index is -1.21. The van der Waals surface area contributed by atoms with Crippen LogP contribution in [-0.2, 0) is 21.7 Å². The van der Waals surface area contributed by atoms with Gasteiger partial charge in [0, 0.05) is 13.1 Å². The molecule has 1 N–H and O–H groups in total. The van der Waals surface area contributed by atoms with Gasteiger partial charge in [-0.15, -0.1) is 0 Å². The van der Waals surface area contributed by atoms with E-state index in [1.807, 2.05) is 26.0 Å². The number of methoxy groups -OCH3 is 1. The lowest BCUT2D eigenvalue weighted by Crippen LogP contribution is -2.45. The van der Waals surface area contributed by atoms with Gasteiger partial charge in [0.1, 0.15) is 17.8 Å². The SMILES string of the molecule is CCN(Cc1ccc2c(c1)OCO2)C(=O)CN1C(=O)NC(CC)(c2ccc(OC)cc2)C1=O. The monoisotopic (exact) mass is 453 g/mol. The summed E-state index contributed by atoms with van der Waals surface area (Å²) in [6, 6.07) is 11.9. The van der Waals surface area contributed by atoms with Crippen molar-refractivity contribution in [2.45, 2.75) is 32.4 Å². The van der Waals surface area contributed by atoms with Gasteiger partial charge < -0.3 is 24.4 Å². The minimum absolute atomic E-state index is 0.175. The lowest BCUT2D eigenvalue weighted by atomic mass is 9.87. The van der Waals surface area contributed by atoms with Crippen LogP contribution in [0.1, 0.15) is 31.4 Å². The Morgan fingerprint density at radius 3 is 2.52 bits per heavy atom. The first-order valence-electron chi connectivity index (χ1n) is 10.9. The predicted octanol–water partition coefficient (Wildman–Crippen LogP) is 2.63. The van der Waals surface area contributed by atoms with Gasteiger partial charge in [-0.05, 0) is 48.7 Å². The van der Waals surface area contributed by atoms with Gasteiger partial charge in [-0.2, -0.15) is 0 Å². The molecule has 2 heterocycles. The summed E-state index contributed by atoms with van der Waals surface area (Å²) in [6.45, 7) is 4.27. The van der Waals surface area contributed by atoms with E-state index >= 15 is 0 Å². The third-order valence-electron chi connectivity index (χ3n) is 6.13. The fourth-order valence-corrected chi connectivity index (χ4v) is 4.16. The smallest absolute Gasteiger partial charge is 0.325 e. The molecule has 0 aliphatic carbocycles. The van der Waals surface area contributed by atoms with Crippen molar-refractivity contribution in [3.8, 4) is 17.2 Å². The van der Waals surface area contributed by atoms with Crippen LogP contribution in [0.15, 0.2) is 42.5 Å². The lowest BCUT2D eigenvalue weighted by molar-refractivity contribution is -0.139. The van der Waals surface area contributed by atoms with Crippen molar-refractivity contribution in [3.05, 3.63) is 53.6 Å². The maximum atomic E-state index is 13.4. The van der Waals surface area contributed by atoms with Gasteiger partial charge in [-0.3, -0.25) is 14.5 Å². The molecule has 0 spiro atoms. The van der Waals surface area contributed by atoms with Crippen LogP contribution in [0.2, 0.25) is 0 Å². The molecule has 0 bridgehead atoms. The zero-order chi connectivity index (χ0) is 23.6. The molecule has 2 aromatic rings. The zero-order valence-electron chi connectivity index (χ0n) is 18.9. The summed E-state index contributed by atoms with van der Waals surface area (Å²) in [5.74, 6) is 1.20. The van der Waals surface area contributed by atoms with Gasteiger partial charge in [0.05, 0.1) is 7.11 Å². The van der Waals surface area contributed by atoms with Crippen LogP contribution >= 0.6 is 0 Å². The van der Waals surface area contributed by atoms with Crippen LogP contribution in [0.3, 0.4) is 0 Å². The minimum Gasteiger partial charge on any atom is -0.497 e. The molecular formula is C24H27N3O6. The Bertz CT molecular complexity index is 1070. The molecule has 9 nitrogen and oxygen atoms in total. The Balaban J connectivity index is 1.49. The Hall–Kier alpha value is -3.75. The van der Waals surface area contributed by atoms with Gasteiger partial charge in [0.2, 0.25) is 12.7 Å². The second-order valence-electron chi connectivity index (χ2n) is 7.90. The van der Waals surface area contributed by atoms with Crippen LogP contribution in [0.5, 0.6) is 17.2 Å². The summed E-state index contributed by atoms with van der Waals surface area (Å²) in [5, 5.41) is 2.81. The van der Waals surface area contributed by atoms with E-state index in [4.69, 9.17) is 14.2 Å². The molecule has 1 unspecified atom stereocenters. The molecular weight excluding hydrogens is 426 g/mol. The molecule has 0 aromatic heterocycles. The molecule has 1 fully saturated rings. The van der Waals surface area contributed by atoms with E-state index in [9.17, 15) is 14.4 Å². The normalized spacial score (nSPS) is 18.9. The summed E-state index contributed by atoms with van der Waals surface area (Å²) in [4.78, 5) is 41.8. The lowest BCUT2D eigenvalue weighted by Gasteiger charge is -2.27. The molecule has 4 amide bonds. The number of carbonyl (C=O) groups excluding carboxylic acids is 3. The van der Waals surface area contributed by atoms with E-state index in [0.717, 1.165) is 10.5 Å². The number of imide groups is 1. The first-order valence-corrected chi connectivity index (χ1v) is 10.9. The number of rotatable bonds is 8. The highest BCUT2D eigenvalue weighted by Gasteiger charge is 2.51. The third-order valence-corrected chi connectivity index (χ3v) is 6.13. The number of carbonyl (C=O) groups is 3.